The van der Waals surface area contributed by atoms with Gasteiger partial charge in [-0.3, -0.25) is 5.10 Å². The molecule has 1 saturated carbocycles. The fourth-order valence-electron chi connectivity index (χ4n) is 6.03. The highest BCUT2D eigenvalue weighted by Crippen LogP contribution is 2.46. The Labute approximate surface area is 249 Å². The van der Waals surface area contributed by atoms with Crippen molar-refractivity contribution in [1.82, 2.24) is 10.2 Å². The lowest BCUT2D eigenvalue weighted by Gasteiger charge is -2.38. The third kappa shape index (κ3) is 4.77. The summed E-state index contributed by atoms with van der Waals surface area (Å²) in [6, 6.07) is 24.3. The highest BCUT2D eigenvalue weighted by Gasteiger charge is 2.42. The molecule has 2 aliphatic carbocycles. The highest BCUT2D eigenvalue weighted by atomic mass is 32.2. The molecule has 1 aromatic heterocycles. The first-order valence-corrected chi connectivity index (χ1v) is 16.0. The zero-order chi connectivity index (χ0) is 29.6. The van der Waals surface area contributed by atoms with Gasteiger partial charge < -0.3 is 9.80 Å². The molecule has 42 heavy (non-hydrogen) atoms. The number of nitrogens with zero attached hydrogens (tertiary/aromatic N) is 4. The number of hydrogen-bond donors (Lipinski definition) is 1. The fourth-order valence-corrected chi connectivity index (χ4v) is 7.71. The number of rotatable bonds is 8. The number of allylic oxidation sites excluding steroid dienone is 1. The molecule has 8 heteroatoms. The molecule has 0 aliphatic heterocycles. The summed E-state index contributed by atoms with van der Waals surface area (Å²) < 4.78 is 29.7. The molecule has 0 unspecified atom stereocenters. The first-order chi connectivity index (χ1) is 20.1. The second-order valence-electron chi connectivity index (χ2n) is 12.0. The molecule has 7 nitrogen and oxygen atoms in total. The second-order valence-corrected chi connectivity index (χ2v) is 13.8. The summed E-state index contributed by atoms with van der Waals surface area (Å²) >= 11 is 0. The Morgan fingerprint density at radius 3 is 1.98 bits per heavy atom. The number of nitrogens with one attached hydrogen (secondary N) is 1. The molecule has 1 N–H and O–H groups in total. The number of aryl methyl sites for hydroxylation is 1. The van der Waals surface area contributed by atoms with E-state index >= 15 is 0 Å². The predicted octanol–water partition coefficient (Wildman–Crippen LogP) is 6.15. The van der Waals surface area contributed by atoms with Crippen molar-refractivity contribution in [3.05, 3.63) is 107 Å². The zero-order valence-corrected chi connectivity index (χ0v) is 25.8. The van der Waals surface area contributed by atoms with Crippen molar-refractivity contribution in [2.24, 2.45) is 0 Å². The average Bonchev–Trinajstić information content (AvgIpc) is 3.37. The van der Waals surface area contributed by atoms with E-state index in [1.54, 1.807) is 16.4 Å². The van der Waals surface area contributed by atoms with E-state index < -0.39 is 15.4 Å². The zero-order valence-electron chi connectivity index (χ0n) is 25.0. The van der Waals surface area contributed by atoms with Crippen molar-refractivity contribution in [2.75, 3.05) is 42.3 Å². The standard InChI is InChI=1S/C34H39N5O2S/c1-24-15-17-30(18-16-24)42(40,41)39(27-11-8-12-27)33-31-19-20-34(23-32(31)35-36-33,25-9-6-13-28(21-25)37(2)3)26-10-7-14-29(22-26)38(4)5/h6-7,9-10,13-22,27H,8,11-12,23H2,1-5H3,(H,35,36). The van der Waals surface area contributed by atoms with Gasteiger partial charge >= 0.3 is 0 Å². The van der Waals surface area contributed by atoms with Crippen molar-refractivity contribution in [3.63, 3.8) is 0 Å². The summed E-state index contributed by atoms with van der Waals surface area (Å²) in [6.45, 7) is 1.96. The van der Waals surface area contributed by atoms with Crippen LogP contribution in [0, 0.1) is 6.92 Å². The minimum Gasteiger partial charge on any atom is -0.378 e. The van der Waals surface area contributed by atoms with Crippen LogP contribution in [0.3, 0.4) is 0 Å². The third-order valence-electron chi connectivity index (χ3n) is 8.80. The van der Waals surface area contributed by atoms with Gasteiger partial charge in [-0.25, -0.2) is 12.7 Å². The van der Waals surface area contributed by atoms with Crippen LogP contribution in [0.1, 0.15) is 47.2 Å². The average molecular weight is 582 g/mol. The number of benzene rings is 3. The van der Waals surface area contributed by atoms with Crippen LogP contribution in [0.4, 0.5) is 17.2 Å². The first-order valence-electron chi connectivity index (χ1n) is 14.5. The van der Waals surface area contributed by atoms with Crippen molar-refractivity contribution >= 4 is 33.3 Å². The molecule has 0 saturated heterocycles. The van der Waals surface area contributed by atoms with E-state index in [2.05, 4.69) is 104 Å². The molecule has 0 spiro atoms. The smallest absolute Gasteiger partial charge is 0.265 e. The van der Waals surface area contributed by atoms with Gasteiger partial charge in [0.05, 0.1) is 4.90 Å². The van der Waals surface area contributed by atoms with Crippen LogP contribution in [0.5, 0.6) is 0 Å². The van der Waals surface area contributed by atoms with Crippen LogP contribution in [0.2, 0.25) is 0 Å². The lowest BCUT2D eigenvalue weighted by Crippen LogP contribution is -2.45. The third-order valence-corrected chi connectivity index (χ3v) is 10.7. The lowest BCUT2D eigenvalue weighted by molar-refractivity contribution is 0.413. The number of anilines is 3. The quantitative estimate of drug-likeness (QED) is 0.270. The number of H-pyrrole nitrogens is 1. The maximum Gasteiger partial charge on any atom is 0.265 e. The Morgan fingerprint density at radius 1 is 0.857 bits per heavy atom. The highest BCUT2D eigenvalue weighted by molar-refractivity contribution is 7.92. The van der Waals surface area contributed by atoms with Crippen molar-refractivity contribution in [2.45, 2.75) is 49.0 Å². The van der Waals surface area contributed by atoms with Gasteiger partial charge in [-0.2, -0.15) is 5.10 Å². The Balaban J connectivity index is 1.48. The predicted molar refractivity (Wildman–Crippen MR) is 172 cm³/mol. The molecule has 1 heterocycles. The number of aromatic amines is 1. The maximum atomic E-state index is 14.1. The monoisotopic (exact) mass is 581 g/mol. The largest absolute Gasteiger partial charge is 0.378 e. The van der Waals surface area contributed by atoms with E-state index in [1.807, 2.05) is 19.1 Å². The summed E-state index contributed by atoms with van der Waals surface area (Å²) in [5, 5.41) is 7.99. The molecule has 0 bridgehead atoms. The Kier molecular flexibility index (Phi) is 7.13. The van der Waals surface area contributed by atoms with Crippen LogP contribution in [0.25, 0.3) is 6.08 Å². The van der Waals surface area contributed by atoms with Crippen LogP contribution < -0.4 is 14.1 Å². The van der Waals surface area contributed by atoms with E-state index in [0.717, 1.165) is 47.5 Å². The topological polar surface area (TPSA) is 72.5 Å². The Morgan fingerprint density at radius 2 is 1.45 bits per heavy atom. The summed E-state index contributed by atoms with van der Waals surface area (Å²) in [6.07, 6.45) is 7.63. The summed E-state index contributed by atoms with van der Waals surface area (Å²) in [4.78, 5) is 4.53. The summed E-state index contributed by atoms with van der Waals surface area (Å²) in [5.41, 5.74) is 6.93. The van der Waals surface area contributed by atoms with Gasteiger partial charge in [-0.15, -0.1) is 0 Å². The van der Waals surface area contributed by atoms with Gasteiger partial charge in [0, 0.05) is 68.7 Å². The van der Waals surface area contributed by atoms with E-state index in [0.29, 0.717) is 17.1 Å². The van der Waals surface area contributed by atoms with Gasteiger partial charge in [0.15, 0.2) is 5.82 Å². The molecule has 0 amide bonds. The molecule has 0 atom stereocenters. The van der Waals surface area contributed by atoms with Gasteiger partial charge in [0.2, 0.25) is 0 Å². The molecule has 218 valence electrons. The number of hydrogen-bond acceptors (Lipinski definition) is 5. The van der Waals surface area contributed by atoms with Gasteiger partial charge in [-0.1, -0.05) is 54.1 Å². The fraction of sp³-hybridized carbons (Fsp3) is 0.324. The second kappa shape index (κ2) is 10.7. The van der Waals surface area contributed by atoms with Crippen LogP contribution in [-0.4, -0.2) is 52.8 Å². The van der Waals surface area contributed by atoms with Crippen molar-refractivity contribution in [1.29, 1.82) is 0 Å². The number of aromatic nitrogens is 2. The SMILES string of the molecule is Cc1ccc(S(=O)(=O)N(c2n[nH]c3c2C=CC(c2cccc(N(C)C)c2)(c2cccc(N(C)C)c2)C3)C2CCC2)cc1. The number of sulfonamides is 1. The molecule has 6 rings (SSSR count). The van der Waals surface area contributed by atoms with E-state index in [4.69, 9.17) is 5.10 Å². The van der Waals surface area contributed by atoms with Gasteiger partial charge in [0.1, 0.15) is 0 Å². The van der Waals surface area contributed by atoms with Gasteiger partial charge in [0.25, 0.3) is 10.0 Å². The summed E-state index contributed by atoms with van der Waals surface area (Å²) in [5.74, 6) is 0.490. The number of fused-ring (bicyclic) bond motifs is 1. The minimum atomic E-state index is -3.79. The molecule has 4 aromatic rings. The Bertz CT molecular complexity index is 1680. The van der Waals surface area contributed by atoms with Gasteiger partial charge in [-0.05, 0) is 73.7 Å². The van der Waals surface area contributed by atoms with Crippen LogP contribution in [0.15, 0.2) is 83.8 Å². The van der Waals surface area contributed by atoms with Crippen molar-refractivity contribution in [3.8, 4) is 0 Å². The molecule has 1 fully saturated rings. The Hall–Kier alpha value is -4.04. The van der Waals surface area contributed by atoms with Crippen LogP contribution >= 0.6 is 0 Å². The lowest BCUT2D eigenvalue weighted by atomic mass is 9.68. The first kappa shape index (κ1) is 28.1. The summed E-state index contributed by atoms with van der Waals surface area (Å²) in [7, 11) is 4.42. The normalized spacial score (nSPS) is 16.0. The molecule has 0 radical (unpaired) electrons. The molecular weight excluding hydrogens is 542 g/mol. The minimum absolute atomic E-state index is 0.0997. The molecule has 3 aromatic carbocycles. The van der Waals surface area contributed by atoms with E-state index in [-0.39, 0.29) is 6.04 Å². The van der Waals surface area contributed by atoms with Crippen molar-refractivity contribution < 1.29 is 8.42 Å². The van der Waals surface area contributed by atoms with E-state index in [9.17, 15) is 8.42 Å². The molecular formula is C34H39N5O2S. The molecule has 2 aliphatic rings. The van der Waals surface area contributed by atoms with E-state index in [1.165, 1.54) is 11.1 Å². The maximum absolute atomic E-state index is 14.1. The van der Waals surface area contributed by atoms with Crippen LogP contribution in [-0.2, 0) is 21.9 Å².